The Hall–Kier alpha value is -1.69. The van der Waals surface area contributed by atoms with Crippen LogP contribution in [0.3, 0.4) is 0 Å². The van der Waals surface area contributed by atoms with Crippen molar-refractivity contribution in [3.8, 4) is 0 Å². The van der Waals surface area contributed by atoms with E-state index >= 15 is 0 Å². The number of carbonyl (C=O) groups excluding carboxylic acids is 1. The van der Waals surface area contributed by atoms with Crippen molar-refractivity contribution in [1.82, 2.24) is 9.55 Å². The van der Waals surface area contributed by atoms with E-state index in [1.165, 1.54) is 21.3 Å². The van der Waals surface area contributed by atoms with Crippen molar-refractivity contribution < 1.29 is 4.79 Å². The Balaban J connectivity index is 2.08. The third-order valence-corrected chi connectivity index (χ3v) is 5.04. The van der Waals surface area contributed by atoms with Gasteiger partial charge in [0.1, 0.15) is 4.83 Å². The van der Waals surface area contributed by atoms with Gasteiger partial charge in [0, 0.05) is 17.8 Å². The van der Waals surface area contributed by atoms with E-state index in [1.54, 1.807) is 11.3 Å². The summed E-state index contributed by atoms with van der Waals surface area (Å²) in [6.07, 6.45) is 4.80. The Morgan fingerprint density at radius 2 is 2.40 bits per heavy atom. The van der Waals surface area contributed by atoms with Gasteiger partial charge >= 0.3 is 0 Å². The second kappa shape index (κ2) is 5.01. The number of aromatic nitrogens is 2. The van der Waals surface area contributed by atoms with Gasteiger partial charge in [0.2, 0.25) is 5.91 Å². The second-order valence-corrected chi connectivity index (χ2v) is 6.57. The number of hydrogen-bond donors (Lipinski definition) is 1. The quantitative estimate of drug-likeness (QED) is 0.930. The van der Waals surface area contributed by atoms with Crippen LogP contribution in [0.1, 0.15) is 30.2 Å². The number of rotatable bonds is 3. The summed E-state index contributed by atoms with van der Waals surface area (Å²) in [5.41, 5.74) is 6.27. The maximum atomic E-state index is 12.5. The first kappa shape index (κ1) is 13.3. The summed E-state index contributed by atoms with van der Waals surface area (Å²) in [5.74, 6) is 0.269. The van der Waals surface area contributed by atoms with Gasteiger partial charge in [0.25, 0.3) is 5.56 Å². The van der Waals surface area contributed by atoms with Gasteiger partial charge in [-0.2, -0.15) is 0 Å². The minimum atomic E-state index is -0.404. The van der Waals surface area contributed by atoms with Crippen molar-refractivity contribution in [1.29, 1.82) is 0 Å². The maximum absolute atomic E-state index is 12.5. The molecule has 0 aliphatic heterocycles. The van der Waals surface area contributed by atoms with E-state index in [-0.39, 0.29) is 12.0 Å². The molecular weight excluding hydrogens is 274 g/mol. The SMILES string of the molecule is C[C@@H]1CCc2c(sc3ncn(CCC(N)=O)c(=O)c23)C1. The molecule has 0 saturated carbocycles. The molecule has 2 aromatic rings. The fraction of sp³-hybridized carbons (Fsp3) is 0.500. The molecule has 106 valence electrons. The topological polar surface area (TPSA) is 78.0 Å². The minimum absolute atomic E-state index is 0.0386. The molecule has 0 spiro atoms. The number of thiophene rings is 1. The molecule has 20 heavy (non-hydrogen) atoms. The van der Waals surface area contributed by atoms with Crippen LogP contribution in [0.2, 0.25) is 0 Å². The van der Waals surface area contributed by atoms with Gasteiger partial charge in [-0.05, 0) is 30.7 Å². The Morgan fingerprint density at radius 1 is 1.60 bits per heavy atom. The van der Waals surface area contributed by atoms with Crippen LogP contribution in [0.5, 0.6) is 0 Å². The van der Waals surface area contributed by atoms with Crippen molar-refractivity contribution in [2.45, 2.75) is 39.2 Å². The summed E-state index contributed by atoms with van der Waals surface area (Å²) in [6.45, 7) is 2.55. The van der Waals surface area contributed by atoms with Gasteiger partial charge in [0.05, 0.1) is 11.7 Å². The zero-order valence-electron chi connectivity index (χ0n) is 11.4. The normalized spacial score (nSPS) is 18.1. The van der Waals surface area contributed by atoms with Gasteiger partial charge in [-0.3, -0.25) is 14.2 Å². The van der Waals surface area contributed by atoms with E-state index in [0.717, 1.165) is 29.5 Å². The van der Waals surface area contributed by atoms with Gasteiger partial charge < -0.3 is 5.73 Å². The average Bonchev–Trinajstić information content (AvgIpc) is 2.75. The van der Waals surface area contributed by atoms with Crippen LogP contribution < -0.4 is 11.3 Å². The molecule has 0 fully saturated rings. The van der Waals surface area contributed by atoms with Crippen LogP contribution in [0.4, 0.5) is 0 Å². The maximum Gasteiger partial charge on any atom is 0.262 e. The van der Waals surface area contributed by atoms with Gasteiger partial charge in [-0.15, -0.1) is 11.3 Å². The van der Waals surface area contributed by atoms with Crippen molar-refractivity contribution in [3.63, 3.8) is 0 Å². The van der Waals surface area contributed by atoms with Crippen molar-refractivity contribution in [2.24, 2.45) is 11.7 Å². The molecule has 0 aromatic carbocycles. The predicted octanol–water partition coefficient (Wildman–Crippen LogP) is 1.46. The van der Waals surface area contributed by atoms with E-state index in [9.17, 15) is 9.59 Å². The van der Waals surface area contributed by atoms with E-state index in [4.69, 9.17) is 5.73 Å². The van der Waals surface area contributed by atoms with Crippen LogP contribution in [0, 0.1) is 5.92 Å². The number of amides is 1. The van der Waals surface area contributed by atoms with Gasteiger partial charge in [-0.1, -0.05) is 6.92 Å². The zero-order chi connectivity index (χ0) is 14.3. The first-order chi connectivity index (χ1) is 9.56. The molecule has 1 atom stereocenters. The van der Waals surface area contributed by atoms with Gasteiger partial charge in [-0.25, -0.2) is 4.98 Å². The number of nitrogens with two attached hydrogens (primary N) is 1. The Bertz CT molecular complexity index is 732. The van der Waals surface area contributed by atoms with E-state index in [0.29, 0.717) is 12.5 Å². The summed E-state index contributed by atoms with van der Waals surface area (Å²) >= 11 is 1.63. The molecule has 2 aromatic heterocycles. The fourth-order valence-electron chi connectivity index (χ4n) is 2.76. The van der Waals surface area contributed by atoms with E-state index in [1.807, 2.05) is 0 Å². The van der Waals surface area contributed by atoms with E-state index in [2.05, 4.69) is 11.9 Å². The standard InChI is InChI=1S/C14H17N3O2S/c1-8-2-3-9-10(6-8)20-13-12(9)14(19)17(7-16-13)5-4-11(15)18/h7-8H,2-6H2,1H3,(H2,15,18)/t8-/m1/s1. The number of carbonyl (C=O) groups is 1. The second-order valence-electron chi connectivity index (χ2n) is 5.49. The molecule has 0 bridgehead atoms. The molecule has 3 rings (SSSR count). The zero-order valence-corrected chi connectivity index (χ0v) is 12.2. The molecule has 6 heteroatoms. The molecule has 1 amide bonds. The van der Waals surface area contributed by atoms with E-state index < -0.39 is 5.91 Å². The average molecular weight is 291 g/mol. The smallest absolute Gasteiger partial charge is 0.262 e. The number of aryl methyl sites for hydroxylation is 2. The van der Waals surface area contributed by atoms with Crippen LogP contribution in [-0.2, 0) is 24.2 Å². The Morgan fingerprint density at radius 3 is 3.15 bits per heavy atom. The highest BCUT2D eigenvalue weighted by molar-refractivity contribution is 7.18. The summed E-state index contributed by atoms with van der Waals surface area (Å²) in [4.78, 5) is 29.9. The molecule has 0 radical (unpaired) electrons. The lowest BCUT2D eigenvalue weighted by Crippen LogP contribution is -2.24. The van der Waals surface area contributed by atoms with Crippen molar-refractivity contribution in [3.05, 3.63) is 27.1 Å². The van der Waals surface area contributed by atoms with Crippen molar-refractivity contribution >= 4 is 27.5 Å². The highest BCUT2D eigenvalue weighted by Crippen LogP contribution is 2.35. The summed E-state index contributed by atoms with van der Waals surface area (Å²) in [6, 6.07) is 0. The first-order valence-corrected chi connectivity index (χ1v) is 7.66. The largest absolute Gasteiger partial charge is 0.370 e. The Labute approximate surface area is 120 Å². The van der Waals surface area contributed by atoms with Crippen molar-refractivity contribution in [2.75, 3.05) is 0 Å². The summed E-state index contributed by atoms with van der Waals surface area (Å²) in [5, 5.41) is 0.754. The molecule has 2 heterocycles. The predicted molar refractivity (Wildman–Crippen MR) is 78.9 cm³/mol. The third kappa shape index (κ3) is 2.24. The number of primary amides is 1. The molecule has 1 aliphatic carbocycles. The van der Waals surface area contributed by atoms with Crippen LogP contribution >= 0.6 is 11.3 Å². The lowest BCUT2D eigenvalue weighted by molar-refractivity contribution is -0.118. The molecule has 5 nitrogen and oxygen atoms in total. The van der Waals surface area contributed by atoms with Crippen LogP contribution in [0.15, 0.2) is 11.1 Å². The highest BCUT2D eigenvalue weighted by Gasteiger charge is 2.23. The number of fused-ring (bicyclic) bond motifs is 3. The molecule has 0 unspecified atom stereocenters. The molecule has 1 aliphatic rings. The molecule has 2 N–H and O–H groups in total. The van der Waals surface area contributed by atoms with Crippen LogP contribution in [-0.4, -0.2) is 15.5 Å². The van der Waals surface area contributed by atoms with Gasteiger partial charge in [0.15, 0.2) is 0 Å². The highest BCUT2D eigenvalue weighted by atomic mass is 32.1. The lowest BCUT2D eigenvalue weighted by atomic mass is 9.89. The third-order valence-electron chi connectivity index (χ3n) is 3.88. The Kier molecular flexibility index (Phi) is 3.33. The monoisotopic (exact) mass is 291 g/mol. The number of hydrogen-bond acceptors (Lipinski definition) is 4. The minimum Gasteiger partial charge on any atom is -0.370 e. The summed E-state index contributed by atoms with van der Waals surface area (Å²) in [7, 11) is 0. The number of nitrogens with zero attached hydrogens (tertiary/aromatic N) is 2. The summed E-state index contributed by atoms with van der Waals surface area (Å²) < 4.78 is 1.50. The first-order valence-electron chi connectivity index (χ1n) is 6.84. The molecular formula is C14H17N3O2S. The lowest BCUT2D eigenvalue weighted by Gasteiger charge is -2.17. The fourth-order valence-corrected chi connectivity index (χ4v) is 4.10. The molecule has 0 saturated heterocycles. The van der Waals surface area contributed by atoms with Crippen LogP contribution in [0.25, 0.3) is 10.2 Å².